The quantitative estimate of drug-likeness (QED) is 0.223. The summed E-state index contributed by atoms with van der Waals surface area (Å²) >= 11 is 4.43. The molecule has 4 atom stereocenters. The summed E-state index contributed by atoms with van der Waals surface area (Å²) in [7, 11) is 1.87. The van der Waals surface area contributed by atoms with Crippen molar-refractivity contribution in [3.8, 4) is 0 Å². The summed E-state index contributed by atoms with van der Waals surface area (Å²) in [5.41, 5.74) is -1.35. The maximum absolute atomic E-state index is 13.3. The number of piperidine rings is 1. The topological polar surface area (TPSA) is 79.2 Å². The highest BCUT2D eigenvalue weighted by Gasteiger charge is 2.65. The van der Waals surface area contributed by atoms with E-state index in [0.717, 1.165) is 6.42 Å². The molecule has 0 spiro atoms. The van der Waals surface area contributed by atoms with Crippen LogP contribution in [0.4, 0.5) is 0 Å². The van der Waals surface area contributed by atoms with E-state index in [0.29, 0.717) is 18.4 Å². The normalized spacial score (nSPS) is 32.0. The van der Waals surface area contributed by atoms with Gasteiger partial charge in [-0.25, -0.2) is 4.79 Å². The van der Waals surface area contributed by atoms with Gasteiger partial charge in [0, 0.05) is 17.6 Å². The van der Waals surface area contributed by atoms with Crippen LogP contribution in [-0.2, 0) is 9.63 Å². The number of nitrogens with zero attached hydrogens (tertiary/aromatic N) is 2. The van der Waals surface area contributed by atoms with Crippen LogP contribution >= 0.6 is 12.2 Å². The average molecular weight is 346 g/mol. The SMILES string of the molecule is CN1[C@H]2CC[C@@H]1[C@](C(=O)ON=C=S)(C(=O)c1ccccc1)[C@@H](O)C2. The van der Waals surface area contributed by atoms with Crippen LogP contribution in [0.5, 0.6) is 0 Å². The first-order valence-electron chi connectivity index (χ1n) is 7.82. The molecule has 2 saturated heterocycles. The van der Waals surface area contributed by atoms with Crippen molar-refractivity contribution in [2.75, 3.05) is 7.05 Å². The van der Waals surface area contributed by atoms with Crippen LogP contribution < -0.4 is 0 Å². The lowest BCUT2D eigenvalue weighted by molar-refractivity contribution is -0.168. The average Bonchev–Trinajstić information content (AvgIpc) is 2.86. The number of hydrogen-bond donors (Lipinski definition) is 1. The third-order valence-corrected chi connectivity index (χ3v) is 5.38. The molecule has 0 aliphatic carbocycles. The molecule has 126 valence electrons. The molecule has 2 aliphatic heterocycles. The molecule has 2 bridgehead atoms. The molecule has 0 aromatic heterocycles. The molecule has 2 fully saturated rings. The summed E-state index contributed by atoms with van der Waals surface area (Å²) in [6.45, 7) is 0. The molecular formula is C17H18N2O4S. The lowest BCUT2D eigenvalue weighted by atomic mass is 9.67. The number of hydrogen-bond acceptors (Lipinski definition) is 7. The second kappa shape index (κ2) is 6.53. The minimum absolute atomic E-state index is 0.156. The van der Waals surface area contributed by atoms with Gasteiger partial charge in [-0.3, -0.25) is 9.69 Å². The van der Waals surface area contributed by atoms with Crippen LogP contribution in [0, 0.1) is 5.41 Å². The van der Waals surface area contributed by atoms with Crippen molar-refractivity contribution in [3.05, 3.63) is 35.9 Å². The molecule has 2 aliphatic rings. The smallest absolute Gasteiger partial charge is 0.354 e. The van der Waals surface area contributed by atoms with E-state index in [-0.39, 0.29) is 6.04 Å². The fourth-order valence-corrected chi connectivity index (χ4v) is 4.18. The molecule has 0 radical (unpaired) electrons. The van der Waals surface area contributed by atoms with Crippen molar-refractivity contribution in [1.82, 2.24) is 4.90 Å². The number of carbonyl (C=O) groups excluding carboxylic acids is 2. The molecule has 0 unspecified atom stereocenters. The lowest BCUT2D eigenvalue weighted by Crippen LogP contribution is -2.64. The predicted molar refractivity (Wildman–Crippen MR) is 89.5 cm³/mol. The van der Waals surface area contributed by atoms with Crippen molar-refractivity contribution < 1.29 is 19.5 Å². The van der Waals surface area contributed by atoms with Crippen LogP contribution in [0.3, 0.4) is 0 Å². The van der Waals surface area contributed by atoms with Crippen molar-refractivity contribution in [1.29, 1.82) is 0 Å². The summed E-state index contributed by atoms with van der Waals surface area (Å²) in [5, 5.41) is 16.0. The Kier molecular flexibility index (Phi) is 4.60. The van der Waals surface area contributed by atoms with Gasteiger partial charge < -0.3 is 9.94 Å². The van der Waals surface area contributed by atoms with Crippen LogP contribution in [0.15, 0.2) is 35.5 Å². The Bertz CT molecular complexity index is 704. The highest BCUT2D eigenvalue weighted by atomic mass is 32.1. The van der Waals surface area contributed by atoms with Gasteiger partial charge in [0.15, 0.2) is 11.2 Å². The summed E-state index contributed by atoms with van der Waals surface area (Å²) in [6.07, 6.45) is 0.660. The fraction of sp³-hybridized carbons (Fsp3) is 0.471. The maximum Gasteiger partial charge on any atom is 0.354 e. The molecule has 1 N–H and O–H groups in total. The Hall–Kier alpha value is -1.92. The Morgan fingerprint density at radius 3 is 2.75 bits per heavy atom. The number of Topliss-reactive ketones (excluding diaryl/α,β-unsaturated/α-hetero) is 1. The van der Waals surface area contributed by atoms with E-state index in [1.807, 2.05) is 17.1 Å². The van der Waals surface area contributed by atoms with Crippen molar-refractivity contribution in [3.63, 3.8) is 0 Å². The fourth-order valence-electron chi connectivity index (χ4n) is 4.14. The summed E-state index contributed by atoms with van der Waals surface area (Å²) in [5.74, 6) is -1.32. The van der Waals surface area contributed by atoms with E-state index in [1.165, 1.54) is 0 Å². The predicted octanol–water partition coefficient (Wildman–Crippen LogP) is 1.64. The number of isothiocyanates is 1. The Labute approximate surface area is 145 Å². The van der Waals surface area contributed by atoms with Crippen molar-refractivity contribution in [2.45, 2.75) is 37.5 Å². The van der Waals surface area contributed by atoms with Gasteiger partial charge in [0.25, 0.3) is 0 Å². The first-order chi connectivity index (χ1) is 11.5. The number of aliphatic hydroxyl groups excluding tert-OH is 1. The van der Waals surface area contributed by atoms with Crippen LogP contribution in [-0.4, -0.2) is 52.2 Å². The third kappa shape index (κ3) is 2.41. The molecule has 1 aromatic rings. The zero-order valence-electron chi connectivity index (χ0n) is 13.2. The molecule has 1 aromatic carbocycles. The highest BCUT2D eigenvalue weighted by molar-refractivity contribution is 7.78. The number of benzene rings is 1. The second-order valence-electron chi connectivity index (χ2n) is 6.29. The molecule has 7 heteroatoms. The van der Waals surface area contributed by atoms with Crippen molar-refractivity contribution >= 4 is 29.1 Å². The van der Waals surface area contributed by atoms with Gasteiger partial charge in [-0.15, -0.1) is 0 Å². The first kappa shape index (κ1) is 16.9. The molecular weight excluding hydrogens is 328 g/mol. The highest BCUT2D eigenvalue weighted by Crippen LogP contribution is 2.48. The molecule has 0 saturated carbocycles. The zero-order valence-corrected chi connectivity index (χ0v) is 14.0. The molecule has 3 rings (SSSR count). The van der Waals surface area contributed by atoms with Crippen molar-refractivity contribution in [2.24, 2.45) is 10.6 Å². The van der Waals surface area contributed by atoms with E-state index in [2.05, 4.69) is 17.4 Å². The molecule has 24 heavy (non-hydrogen) atoms. The standard InChI is InChI=1S/C17H18N2O4S/c1-19-12-7-8-13(19)17(14(20)9-12,16(22)23-18-10-24)15(21)11-5-3-2-4-6-11/h2-6,12-14,20H,7-9H2,1H3/t12-,13+,14-,17+/m0/s1. The van der Waals surface area contributed by atoms with Crippen LogP contribution in [0.2, 0.25) is 0 Å². The van der Waals surface area contributed by atoms with Crippen LogP contribution in [0.25, 0.3) is 0 Å². The first-order valence-corrected chi connectivity index (χ1v) is 8.22. The molecule has 6 nitrogen and oxygen atoms in total. The number of ketones is 1. The van der Waals surface area contributed by atoms with Gasteiger partial charge in [0.05, 0.1) is 6.10 Å². The third-order valence-electron chi connectivity index (χ3n) is 5.30. The Balaban J connectivity index is 2.12. The van der Waals surface area contributed by atoms with Gasteiger partial charge in [-0.05, 0) is 43.7 Å². The number of fused-ring (bicyclic) bond motifs is 2. The van der Waals surface area contributed by atoms with E-state index in [9.17, 15) is 14.7 Å². The molecule has 2 heterocycles. The maximum atomic E-state index is 13.3. The van der Waals surface area contributed by atoms with Gasteiger partial charge in [0.1, 0.15) is 5.16 Å². The number of rotatable bonds is 4. The number of carbonyl (C=O) groups is 2. The summed E-state index contributed by atoms with van der Waals surface area (Å²) in [6, 6.07) is 8.21. The second-order valence-corrected chi connectivity index (χ2v) is 6.47. The van der Waals surface area contributed by atoms with E-state index in [4.69, 9.17) is 4.84 Å². The Morgan fingerprint density at radius 2 is 2.08 bits per heavy atom. The summed E-state index contributed by atoms with van der Waals surface area (Å²) < 4.78 is 0. The largest absolute Gasteiger partial charge is 0.391 e. The van der Waals surface area contributed by atoms with Gasteiger partial charge >= 0.3 is 5.97 Å². The molecule has 0 amide bonds. The van der Waals surface area contributed by atoms with E-state index in [1.54, 1.807) is 30.3 Å². The van der Waals surface area contributed by atoms with E-state index >= 15 is 0 Å². The monoisotopic (exact) mass is 346 g/mol. The zero-order chi connectivity index (χ0) is 17.3. The van der Waals surface area contributed by atoms with Gasteiger partial charge in [-0.2, -0.15) is 0 Å². The van der Waals surface area contributed by atoms with Gasteiger partial charge in [-0.1, -0.05) is 30.3 Å². The number of aliphatic hydroxyl groups is 1. The van der Waals surface area contributed by atoms with Gasteiger partial charge in [0.2, 0.25) is 0 Å². The summed E-state index contributed by atoms with van der Waals surface area (Å²) in [4.78, 5) is 32.9. The minimum atomic E-state index is -1.71. The lowest BCUT2D eigenvalue weighted by Gasteiger charge is -2.46. The Morgan fingerprint density at radius 1 is 1.38 bits per heavy atom. The van der Waals surface area contributed by atoms with Crippen LogP contribution in [0.1, 0.15) is 29.6 Å². The minimum Gasteiger partial charge on any atom is -0.391 e. The van der Waals surface area contributed by atoms with E-state index < -0.39 is 29.3 Å². The number of thiocarbonyl (C=S) groups is 1.